The average Bonchev–Trinajstić information content (AvgIpc) is 3.03. The SMILES string of the molecule is CC(C)CNc1nnc(S[C@@H](C)C(=O)N[C@H]2CCS(=O)(=O)C2)s1. The Labute approximate surface area is 144 Å². The van der Waals surface area contributed by atoms with E-state index in [1.165, 1.54) is 23.1 Å². The van der Waals surface area contributed by atoms with Gasteiger partial charge in [0.1, 0.15) is 0 Å². The molecule has 130 valence electrons. The molecule has 1 aromatic heterocycles. The molecule has 7 nitrogen and oxygen atoms in total. The van der Waals surface area contributed by atoms with Crippen LogP contribution in [-0.2, 0) is 14.6 Å². The van der Waals surface area contributed by atoms with Crippen LogP contribution in [0.5, 0.6) is 0 Å². The summed E-state index contributed by atoms with van der Waals surface area (Å²) < 4.78 is 23.6. The molecule has 0 radical (unpaired) electrons. The van der Waals surface area contributed by atoms with Gasteiger partial charge in [0.05, 0.1) is 16.8 Å². The lowest BCUT2D eigenvalue weighted by Crippen LogP contribution is -2.39. The number of nitrogens with one attached hydrogen (secondary N) is 2. The number of rotatable bonds is 7. The number of hydrogen-bond acceptors (Lipinski definition) is 8. The maximum absolute atomic E-state index is 12.2. The van der Waals surface area contributed by atoms with E-state index in [4.69, 9.17) is 0 Å². The van der Waals surface area contributed by atoms with Gasteiger partial charge in [0.15, 0.2) is 14.2 Å². The van der Waals surface area contributed by atoms with Gasteiger partial charge in [0.2, 0.25) is 11.0 Å². The van der Waals surface area contributed by atoms with Crippen LogP contribution in [0.25, 0.3) is 0 Å². The van der Waals surface area contributed by atoms with Crippen LogP contribution in [0.2, 0.25) is 0 Å². The Morgan fingerprint density at radius 1 is 1.39 bits per heavy atom. The van der Waals surface area contributed by atoms with Crippen molar-refractivity contribution in [2.75, 3.05) is 23.4 Å². The standard InChI is InChI=1S/C13H22N4O3S3/c1-8(2)6-14-12-16-17-13(22-12)21-9(3)11(18)15-10-4-5-23(19,20)7-10/h8-10H,4-7H2,1-3H3,(H,14,16)(H,15,18)/t9-,10-/m0/s1. The summed E-state index contributed by atoms with van der Waals surface area (Å²) in [4.78, 5) is 12.2. The van der Waals surface area contributed by atoms with Crippen molar-refractivity contribution >= 4 is 44.0 Å². The van der Waals surface area contributed by atoms with E-state index in [0.717, 1.165) is 16.0 Å². The van der Waals surface area contributed by atoms with E-state index in [1.807, 2.05) is 0 Å². The van der Waals surface area contributed by atoms with Gasteiger partial charge in [-0.25, -0.2) is 8.42 Å². The fourth-order valence-electron chi connectivity index (χ4n) is 2.05. The molecular formula is C13H22N4O3S3. The van der Waals surface area contributed by atoms with Gasteiger partial charge >= 0.3 is 0 Å². The third kappa shape index (κ3) is 5.92. The number of anilines is 1. The van der Waals surface area contributed by atoms with Crippen molar-refractivity contribution in [3.8, 4) is 0 Å². The predicted octanol–water partition coefficient (Wildman–Crippen LogP) is 1.39. The summed E-state index contributed by atoms with van der Waals surface area (Å²) >= 11 is 2.75. The van der Waals surface area contributed by atoms with E-state index in [2.05, 4.69) is 34.7 Å². The zero-order valence-corrected chi connectivity index (χ0v) is 15.9. The Morgan fingerprint density at radius 3 is 2.74 bits per heavy atom. The number of amides is 1. The second kappa shape index (κ2) is 7.80. The second-order valence-corrected chi connectivity index (χ2v) is 10.8. The molecule has 2 rings (SSSR count). The molecule has 0 bridgehead atoms. The van der Waals surface area contributed by atoms with E-state index in [0.29, 0.717) is 12.3 Å². The van der Waals surface area contributed by atoms with Gasteiger partial charge in [-0.05, 0) is 19.3 Å². The molecule has 1 saturated heterocycles. The normalized spacial score (nSPS) is 21.3. The van der Waals surface area contributed by atoms with Crippen LogP contribution >= 0.6 is 23.1 Å². The highest BCUT2D eigenvalue weighted by Gasteiger charge is 2.30. The maximum Gasteiger partial charge on any atom is 0.233 e. The zero-order valence-electron chi connectivity index (χ0n) is 13.4. The fourth-order valence-corrected chi connectivity index (χ4v) is 5.64. The van der Waals surface area contributed by atoms with E-state index in [9.17, 15) is 13.2 Å². The van der Waals surface area contributed by atoms with Crippen LogP contribution in [0.15, 0.2) is 4.34 Å². The Morgan fingerprint density at radius 2 is 2.13 bits per heavy atom. The first kappa shape index (κ1) is 18.5. The first-order chi connectivity index (χ1) is 10.7. The van der Waals surface area contributed by atoms with Gasteiger partial charge in [-0.15, -0.1) is 10.2 Å². The molecule has 1 amide bonds. The molecule has 2 heterocycles. The molecule has 0 aliphatic carbocycles. The fraction of sp³-hybridized carbons (Fsp3) is 0.769. The topological polar surface area (TPSA) is 101 Å². The molecule has 1 fully saturated rings. The lowest BCUT2D eigenvalue weighted by molar-refractivity contribution is -0.120. The smallest absolute Gasteiger partial charge is 0.233 e. The molecule has 10 heteroatoms. The van der Waals surface area contributed by atoms with Crippen LogP contribution in [0.3, 0.4) is 0 Å². The summed E-state index contributed by atoms with van der Waals surface area (Å²) in [5, 5.41) is 14.5. The zero-order chi connectivity index (χ0) is 17.0. The average molecular weight is 379 g/mol. The maximum atomic E-state index is 12.2. The summed E-state index contributed by atoms with van der Waals surface area (Å²) in [6, 6.07) is -0.270. The van der Waals surface area contributed by atoms with Crippen molar-refractivity contribution in [3.63, 3.8) is 0 Å². The monoisotopic (exact) mass is 378 g/mol. The van der Waals surface area contributed by atoms with Gasteiger partial charge in [-0.1, -0.05) is 36.9 Å². The van der Waals surface area contributed by atoms with Crippen molar-refractivity contribution in [2.45, 2.75) is 42.8 Å². The minimum Gasteiger partial charge on any atom is -0.360 e. The lowest BCUT2D eigenvalue weighted by atomic mass is 10.2. The van der Waals surface area contributed by atoms with Gasteiger partial charge in [-0.2, -0.15) is 0 Å². The van der Waals surface area contributed by atoms with Crippen molar-refractivity contribution < 1.29 is 13.2 Å². The van der Waals surface area contributed by atoms with Gasteiger partial charge in [0.25, 0.3) is 0 Å². The third-order valence-electron chi connectivity index (χ3n) is 3.29. The van der Waals surface area contributed by atoms with Gasteiger partial charge < -0.3 is 10.6 Å². The predicted molar refractivity (Wildman–Crippen MR) is 93.8 cm³/mol. The van der Waals surface area contributed by atoms with Crippen molar-refractivity contribution in [1.82, 2.24) is 15.5 Å². The Balaban J connectivity index is 1.81. The summed E-state index contributed by atoms with van der Waals surface area (Å²) in [5.41, 5.74) is 0. The number of aromatic nitrogens is 2. The molecule has 0 saturated carbocycles. The largest absolute Gasteiger partial charge is 0.360 e. The molecule has 2 atom stereocenters. The highest BCUT2D eigenvalue weighted by molar-refractivity contribution is 8.02. The quantitative estimate of drug-likeness (QED) is 0.691. The van der Waals surface area contributed by atoms with E-state index in [-0.39, 0.29) is 28.7 Å². The Bertz CT molecular complexity index is 645. The third-order valence-corrected chi connectivity index (χ3v) is 7.13. The Kier molecular flexibility index (Phi) is 6.26. The number of thioether (sulfide) groups is 1. The van der Waals surface area contributed by atoms with Crippen LogP contribution in [-0.4, -0.2) is 53.9 Å². The summed E-state index contributed by atoms with van der Waals surface area (Å²) in [6.45, 7) is 6.83. The molecule has 0 spiro atoms. The second-order valence-electron chi connectivity index (χ2n) is 6.02. The number of carbonyl (C=O) groups excluding carboxylic acids is 1. The molecule has 1 aliphatic heterocycles. The molecule has 1 aliphatic rings. The Hall–Kier alpha value is -0.870. The van der Waals surface area contributed by atoms with Gasteiger partial charge in [-0.3, -0.25) is 4.79 Å². The van der Waals surface area contributed by atoms with E-state index < -0.39 is 9.84 Å². The van der Waals surface area contributed by atoms with E-state index >= 15 is 0 Å². The van der Waals surface area contributed by atoms with Crippen LogP contribution < -0.4 is 10.6 Å². The number of hydrogen-bond donors (Lipinski definition) is 2. The summed E-state index contributed by atoms with van der Waals surface area (Å²) in [7, 11) is -2.99. The molecule has 1 aromatic rings. The molecule has 23 heavy (non-hydrogen) atoms. The first-order valence-corrected chi connectivity index (χ1v) is 11.0. The van der Waals surface area contributed by atoms with Crippen LogP contribution in [0, 0.1) is 5.92 Å². The number of nitrogens with zero attached hydrogens (tertiary/aromatic N) is 2. The summed E-state index contributed by atoms with van der Waals surface area (Å²) in [5.74, 6) is 0.547. The lowest BCUT2D eigenvalue weighted by Gasteiger charge is -2.14. The van der Waals surface area contributed by atoms with Crippen molar-refractivity contribution in [2.24, 2.45) is 5.92 Å². The van der Waals surface area contributed by atoms with Crippen LogP contribution in [0.4, 0.5) is 5.13 Å². The number of sulfone groups is 1. The summed E-state index contributed by atoms with van der Waals surface area (Å²) in [6.07, 6.45) is 0.494. The number of carbonyl (C=O) groups is 1. The van der Waals surface area contributed by atoms with E-state index in [1.54, 1.807) is 6.92 Å². The minimum atomic E-state index is -2.99. The van der Waals surface area contributed by atoms with Crippen LogP contribution in [0.1, 0.15) is 27.2 Å². The molecule has 2 N–H and O–H groups in total. The van der Waals surface area contributed by atoms with Gasteiger partial charge in [0, 0.05) is 12.6 Å². The minimum absolute atomic E-state index is 0.0399. The highest BCUT2D eigenvalue weighted by Crippen LogP contribution is 2.29. The molecule has 0 aromatic carbocycles. The highest BCUT2D eigenvalue weighted by atomic mass is 32.2. The van der Waals surface area contributed by atoms with Crippen molar-refractivity contribution in [3.05, 3.63) is 0 Å². The van der Waals surface area contributed by atoms with Crippen molar-refractivity contribution in [1.29, 1.82) is 0 Å². The molecule has 0 unspecified atom stereocenters. The molecular weight excluding hydrogens is 356 g/mol. The first-order valence-electron chi connectivity index (χ1n) is 7.50.